The first-order valence-corrected chi connectivity index (χ1v) is 18.0. The van der Waals surface area contributed by atoms with E-state index in [0.29, 0.717) is 24.3 Å². The minimum absolute atomic E-state index is 0. The highest BCUT2D eigenvalue weighted by Gasteiger charge is 2.25. The van der Waals surface area contributed by atoms with Gasteiger partial charge in [-0.25, -0.2) is 4.98 Å². The van der Waals surface area contributed by atoms with Crippen molar-refractivity contribution >= 4 is 28.2 Å². The molecule has 1 amide bonds. The average molecular weight is 774 g/mol. The number of amides is 1. The Labute approximate surface area is 338 Å². The van der Waals surface area contributed by atoms with Gasteiger partial charge in [0.05, 0.1) is 49.9 Å². The summed E-state index contributed by atoms with van der Waals surface area (Å²) in [6.45, 7) is 0.933. The molecule has 0 aliphatic carbocycles. The molecule has 0 saturated heterocycles. The molecule has 1 N–H and O–H groups in total. The molecule has 0 bridgehead atoms. The van der Waals surface area contributed by atoms with Crippen LogP contribution in [0.3, 0.4) is 0 Å². The van der Waals surface area contributed by atoms with Gasteiger partial charge in [-0.15, -0.1) is 0 Å². The number of ether oxygens (including phenoxy) is 2. The van der Waals surface area contributed by atoms with Crippen LogP contribution in [0.4, 0.5) is 5.69 Å². The van der Waals surface area contributed by atoms with Gasteiger partial charge in [-0.3, -0.25) is 14.6 Å². The molecule has 1 aliphatic heterocycles. The molecule has 0 fully saturated rings. The summed E-state index contributed by atoms with van der Waals surface area (Å²) in [7, 11) is 3.25. The maximum atomic E-state index is 13.1. The highest BCUT2D eigenvalue weighted by atomic mass is 16.5. The van der Waals surface area contributed by atoms with Crippen LogP contribution < -0.4 is 25.4 Å². The monoisotopic (exact) mass is 773 g/mol. The number of hydrogen-bond donors (Lipinski definition) is 1. The summed E-state index contributed by atoms with van der Waals surface area (Å²) in [6.07, 6.45) is 0. The fourth-order valence-corrected chi connectivity index (χ4v) is 6.60. The van der Waals surface area contributed by atoms with Crippen molar-refractivity contribution in [3.63, 3.8) is 0 Å². The van der Waals surface area contributed by atoms with E-state index in [9.17, 15) is 14.8 Å². The number of fused-ring (bicyclic) bond motifs is 2. The van der Waals surface area contributed by atoms with Gasteiger partial charge in [0.25, 0.3) is 11.0 Å². The van der Waals surface area contributed by atoms with E-state index in [4.69, 9.17) is 9.47 Å². The lowest BCUT2D eigenvalue weighted by atomic mass is 10.00. The third-order valence-corrected chi connectivity index (χ3v) is 9.42. The van der Waals surface area contributed by atoms with E-state index in [1.54, 1.807) is 18.8 Å². The fourth-order valence-electron chi connectivity index (χ4n) is 6.60. The minimum Gasteiger partial charge on any atom is -0.497 e. The lowest BCUT2D eigenvalue weighted by Gasteiger charge is -2.23. The molecular weight excluding hydrogens is 727 g/mol. The first-order valence-electron chi connectivity index (χ1n) is 18.0. The summed E-state index contributed by atoms with van der Waals surface area (Å²) in [5, 5.41) is 13.5. The molecule has 7 aromatic rings. The number of carbonyl (C=O) groups is 1. The quantitative estimate of drug-likeness (QED) is 0.122. The van der Waals surface area contributed by atoms with Crippen molar-refractivity contribution in [1.82, 2.24) is 9.55 Å². The van der Waals surface area contributed by atoms with Crippen LogP contribution in [0.15, 0.2) is 173 Å². The smallest absolute Gasteiger partial charge is 0.299 e. The van der Waals surface area contributed by atoms with Gasteiger partial charge >= 0.3 is 0 Å². The SMILES string of the molecule is C.C.COc1ccc(CN2C(=O)CN=C(c3ccccc3)c3ccccc32)cc1.COc1ccc(Cn2c(=O)/c(=N/O)nc(-c3ccccc3)c3ccccc32)cc1. The highest BCUT2D eigenvalue weighted by molar-refractivity contribution is 6.19. The van der Waals surface area contributed by atoms with Crippen molar-refractivity contribution in [2.45, 2.75) is 27.9 Å². The summed E-state index contributed by atoms with van der Waals surface area (Å²) >= 11 is 0. The fraction of sp³-hybridized carbons (Fsp3) is 0.146. The zero-order valence-corrected chi connectivity index (χ0v) is 30.9. The summed E-state index contributed by atoms with van der Waals surface area (Å²) < 4.78 is 12.0. The molecule has 2 heterocycles. The van der Waals surface area contributed by atoms with Crippen molar-refractivity contribution in [2.24, 2.45) is 10.1 Å². The second kappa shape index (κ2) is 19.5. The number of benzene rings is 6. The molecule has 58 heavy (non-hydrogen) atoms. The van der Waals surface area contributed by atoms with Gasteiger partial charge in [-0.1, -0.05) is 141 Å². The minimum atomic E-state index is -0.471. The Hall–Kier alpha value is -7.33. The summed E-state index contributed by atoms with van der Waals surface area (Å²) in [6, 6.07) is 50.3. The van der Waals surface area contributed by atoms with Crippen LogP contribution in [0.5, 0.6) is 11.5 Å². The Morgan fingerprint density at radius 1 is 0.638 bits per heavy atom. The molecule has 1 aliphatic rings. The van der Waals surface area contributed by atoms with E-state index in [1.165, 1.54) is 0 Å². The van der Waals surface area contributed by atoms with Crippen LogP contribution in [0, 0.1) is 0 Å². The van der Waals surface area contributed by atoms with Crippen molar-refractivity contribution < 1.29 is 19.5 Å². The maximum absolute atomic E-state index is 13.1. The summed E-state index contributed by atoms with van der Waals surface area (Å²) in [4.78, 5) is 36.9. The number of aromatic nitrogens is 2. The van der Waals surface area contributed by atoms with Crippen molar-refractivity contribution in [1.29, 1.82) is 0 Å². The Morgan fingerprint density at radius 2 is 1.17 bits per heavy atom. The van der Waals surface area contributed by atoms with E-state index >= 15 is 0 Å². The number of nitrogens with zero attached hydrogens (tertiary/aromatic N) is 5. The Morgan fingerprint density at radius 3 is 1.78 bits per heavy atom. The third kappa shape index (κ3) is 9.20. The first-order chi connectivity index (χ1) is 27.5. The summed E-state index contributed by atoms with van der Waals surface area (Å²) in [5.41, 5.74) is 7.09. The van der Waals surface area contributed by atoms with Crippen LogP contribution in [-0.4, -0.2) is 47.1 Å². The molecule has 294 valence electrons. The standard InChI is InChI=1S/C23H19N3O3.C23H20N2O2.2CH4/c1-29-18-13-11-16(12-14-18)15-26-20-10-6-5-9-19(20)21(17-7-3-2-4-8-17)24-22(25-28)23(26)27;1-27-19-13-11-17(12-14-19)16-25-21-10-6-5-9-20(21)23(24-15-22(25)26)18-7-3-2-4-8-18;;/h2-14,28H,15H2,1H3;2-14H,15-16H2,1H3;2*1H4/b25-22-;;;. The van der Waals surface area contributed by atoms with Crippen molar-refractivity contribution in [2.75, 3.05) is 25.7 Å². The van der Waals surface area contributed by atoms with Gasteiger partial charge < -0.3 is 24.1 Å². The molecule has 1 aromatic heterocycles. The van der Waals surface area contributed by atoms with Gasteiger partial charge in [0.15, 0.2) is 0 Å². The van der Waals surface area contributed by atoms with E-state index in [2.05, 4.69) is 15.1 Å². The van der Waals surface area contributed by atoms with Crippen LogP contribution >= 0.6 is 0 Å². The van der Waals surface area contributed by atoms with Gasteiger partial charge in [0.2, 0.25) is 5.91 Å². The van der Waals surface area contributed by atoms with Crippen LogP contribution in [0.2, 0.25) is 0 Å². The average Bonchev–Trinajstić information content (AvgIpc) is 3.47. The third-order valence-electron chi connectivity index (χ3n) is 9.42. The van der Waals surface area contributed by atoms with E-state index in [-0.39, 0.29) is 32.8 Å². The molecule has 0 spiro atoms. The topological polar surface area (TPSA) is 119 Å². The highest BCUT2D eigenvalue weighted by Crippen LogP contribution is 2.29. The number of aliphatic imine (C=N–C) groups is 1. The van der Waals surface area contributed by atoms with Gasteiger partial charge in [-0.05, 0) is 47.5 Å². The van der Waals surface area contributed by atoms with E-state index in [1.807, 2.05) is 163 Å². The van der Waals surface area contributed by atoms with Gasteiger partial charge in [0.1, 0.15) is 18.0 Å². The summed E-state index contributed by atoms with van der Waals surface area (Å²) in [5.74, 6) is 1.53. The number of anilines is 1. The van der Waals surface area contributed by atoms with Crippen LogP contribution in [0.1, 0.15) is 37.1 Å². The van der Waals surface area contributed by atoms with E-state index < -0.39 is 5.56 Å². The number of rotatable bonds is 8. The van der Waals surface area contributed by atoms with Gasteiger partial charge in [0, 0.05) is 22.1 Å². The van der Waals surface area contributed by atoms with Crippen LogP contribution in [0.25, 0.3) is 22.2 Å². The largest absolute Gasteiger partial charge is 0.497 e. The number of para-hydroxylation sites is 2. The van der Waals surface area contributed by atoms with Crippen molar-refractivity contribution in [3.05, 3.63) is 196 Å². The predicted molar refractivity (Wildman–Crippen MR) is 232 cm³/mol. The molecule has 0 atom stereocenters. The molecule has 10 nitrogen and oxygen atoms in total. The number of hydrogen-bond acceptors (Lipinski definition) is 8. The number of benzodiazepines with no additional fused rings is 1. The molecular formula is C48H47N5O5. The Kier molecular flexibility index (Phi) is 14.1. The van der Waals surface area contributed by atoms with Crippen LogP contribution in [-0.2, 0) is 17.9 Å². The zero-order chi connectivity index (χ0) is 38.9. The predicted octanol–water partition coefficient (Wildman–Crippen LogP) is 8.76. The Bertz CT molecular complexity index is 2630. The zero-order valence-electron chi connectivity index (χ0n) is 30.9. The normalized spacial score (nSPS) is 12.1. The second-order valence-electron chi connectivity index (χ2n) is 12.9. The lowest BCUT2D eigenvalue weighted by Crippen LogP contribution is -2.34. The molecule has 0 unspecified atom stereocenters. The molecule has 0 saturated carbocycles. The molecule has 6 aromatic carbocycles. The number of methoxy groups -OCH3 is 2. The first kappa shape index (κ1) is 41.8. The lowest BCUT2D eigenvalue weighted by molar-refractivity contribution is -0.117. The second-order valence-corrected chi connectivity index (χ2v) is 12.9. The van der Waals surface area contributed by atoms with Crippen molar-refractivity contribution in [3.8, 4) is 22.8 Å². The maximum Gasteiger partial charge on any atom is 0.299 e. The Balaban J connectivity index is 0.000000214. The van der Waals surface area contributed by atoms with Gasteiger partial charge in [-0.2, -0.15) is 0 Å². The molecule has 10 heteroatoms. The van der Waals surface area contributed by atoms with E-state index in [0.717, 1.165) is 56.1 Å². The molecule has 0 radical (unpaired) electrons. The molecule has 8 rings (SSSR count). The number of carbonyl (C=O) groups excluding carboxylic acids is 1.